The summed E-state index contributed by atoms with van der Waals surface area (Å²) in [6, 6.07) is 0. The van der Waals surface area contributed by atoms with E-state index in [0.717, 1.165) is 25.9 Å². The van der Waals surface area contributed by atoms with Crippen molar-refractivity contribution in [1.82, 2.24) is 15.8 Å². The van der Waals surface area contributed by atoms with Crippen molar-refractivity contribution in [3.05, 3.63) is 0 Å². The van der Waals surface area contributed by atoms with E-state index in [1.807, 2.05) is 0 Å². The molecule has 6 nitrogen and oxygen atoms in total. The molecule has 0 aromatic heterocycles. The van der Waals surface area contributed by atoms with Gasteiger partial charge in [-0.25, -0.2) is 5.43 Å². The maximum atomic E-state index is 11.6. The van der Waals surface area contributed by atoms with E-state index < -0.39 is 5.97 Å². The molecule has 2 saturated heterocycles. The third-order valence-electron chi connectivity index (χ3n) is 3.02. The highest BCUT2D eigenvalue weighted by molar-refractivity contribution is 5.83. The van der Waals surface area contributed by atoms with Crippen molar-refractivity contribution in [2.75, 3.05) is 19.6 Å². The second kappa shape index (κ2) is 3.79. The number of aliphatic carboxylic acids is 1. The van der Waals surface area contributed by atoms with E-state index in [1.165, 1.54) is 5.01 Å². The minimum atomic E-state index is -0.984. The zero-order valence-corrected chi connectivity index (χ0v) is 8.45. The van der Waals surface area contributed by atoms with E-state index in [9.17, 15) is 9.59 Å². The lowest BCUT2D eigenvalue weighted by Gasteiger charge is -2.33. The molecule has 1 amide bonds. The zero-order chi connectivity index (χ0) is 10.9. The lowest BCUT2D eigenvalue weighted by atomic mass is 9.87. The first-order valence-corrected chi connectivity index (χ1v) is 5.12. The van der Waals surface area contributed by atoms with Crippen molar-refractivity contribution < 1.29 is 14.7 Å². The Kier molecular flexibility index (Phi) is 2.62. The van der Waals surface area contributed by atoms with Crippen molar-refractivity contribution in [2.24, 2.45) is 0 Å². The fraction of sp³-hybridized carbons (Fsp3) is 0.778. The van der Waals surface area contributed by atoms with Gasteiger partial charge in [-0.2, -0.15) is 0 Å². The molecule has 2 rings (SSSR count). The van der Waals surface area contributed by atoms with Crippen LogP contribution in [0.1, 0.15) is 19.3 Å². The first-order valence-electron chi connectivity index (χ1n) is 5.12. The molecule has 2 aliphatic heterocycles. The Hall–Kier alpha value is -1.14. The molecule has 6 heteroatoms. The van der Waals surface area contributed by atoms with E-state index in [1.54, 1.807) is 0 Å². The smallest absolute Gasteiger partial charge is 0.324 e. The molecule has 0 aromatic rings. The predicted molar refractivity (Wildman–Crippen MR) is 51.9 cm³/mol. The summed E-state index contributed by atoms with van der Waals surface area (Å²) < 4.78 is 0. The maximum Gasteiger partial charge on any atom is 0.324 e. The number of rotatable bonds is 2. The van der Waals surface area contributed by atoms with Crippen LogP contribution in [0.3, 0.4) is 0 Å². The summed E-state index contributed by atoms with van der Waals surface area (Å²) in [7, 11) is 0. The van der Waals surface area contributed by atoms with Gasteiger partial charge in [-0.1, -0.05) is 0 Å². The van der Waals surface area contributed by atoms with Gasteiger partial charge in [-0.15, -0.1) is 0 Å². The van der Waals surface area contributed by atoms with Gasteiger partial charge in [-0.3, -0.25) is 14.6 Å². The van der Waals surface area contributed by atoms with Crippen LogP contribution >= 0.6 is 0 Å². The van der Waals surface area contributed by atoms with Gasteiger partial charge < -0.3 is 10.4 Å². The highest BCUT2D eigenvalue weighted by Crippen LogP contribution is 2.28. The molecule has 3 N–H and O–H groups in total. The largest absolute Gasteiger partial charge is 0.480 e. The number of carboxylic acids is 1. The monoisotopic (exact) mass is 213 g/mol. The minimum absolute atomic E-state index is 0.112. The Balaban J connectivity index is 2.01. The van der Waals surface area contributed by atoms with E-state index in [4.69, 9.17) is 5.11 Å². The number of carbonyl (C=O) groups is 2. The van der Waals surface area contributed by atoms with Crippen LogP contribution in [0.25, 0.3) is 0 Å². The Bertz CT molecular complexity index is 286. The molecule has 0 unspecified atom stereocenters. The highest BCUT2D eigenvalue weighted by Gasteiger charge is 2.43. The Morgan fingerprint density at radius 3 is 2.73 bits per heavy atom. The van der Waals surface area contributed by atoms with Gasteiger partial charge in [0.1, 0.15) is 6.54 Å². The van der Waals surface area contributed by atoms with Gasteiger partial charge in [0, 0.05) is 12.0 Å². The fourth-order valence-electron chi connectivity index (χ4n) is 2.23. The standard InChI is InChI=1S/C9H15N3O3/c13-7-5-9(1-3-10-4-2-9)11-12(7)6-8(14)15/h10-11H,1-6H2,(H,14,15). The van der Waals surface area contributed by atoms with Crippen LogP contribution in [0.2, 0.25) is 0 Å². The molecule has 1 spiro atoms. The molecule has 2 heterocycles. The molecule has 0 bridgehead atoms. The van der Waals surface area contributed by atoms with Crippen molar-refractivity contribution >= 4 is 11.9 Å². The maximum absolute atomic E-state index is 11.6. The molecule has 15 heavy (non-hydrogen) atoms. The normalized spacial score (nSPS) is 24.8. The molecular weight excluding hydrogens is 198 g/mol. The first-order chi connectivity index (χ1) is 7.11. The number of piperidine rings is 1. The SMILES string of the molecule is O=C(O)CN1NC2(CCNCC2)CC1=O. The molecule has 0 aromatic carbocycles. The number of amides is 1. The van der Waals surface area contributed by atoms with Crippen molar-refractivity contribution in [2.45, 2.75) is 24.8 Å². The summed E-state index contributed by atoms with van der Waals surface area (Å²) in [4.78, 5) is 22.1. The van der Waals surface area contributed by atoms with Crippen LogP contribution in [0.15, 0.2) is 0 Å². The minimum Gasteiger partial charge on any atom is -0.480 e. The molecule has 0 atom stereocenters. The zero-order valence-electron chi connectivity index (χ0n) is 8.45. The summed E-state index contributed by atoms with van der Waals surface area (Å²) in [6.07, 6.45) is 2.16. The number of nitrogens with one attached hydrogen (secondary N) is 2. The topological polar surface area (TPSA) is 81.7 Å². The second-order valence-corrected chi connectivity index (χ2v) is 4.19. The summed E-state index contributed by atoms with van der Waals surface area (Å²) in [5, 5.41) is 13.1. The Labute approximate surface area is 87.6 Å². The summed E-state index contributed by atoms with van der Waals surface area (Å²) in [6.45, 7) is 1.50. The number of hydrogen-bond acceptors (Lipinski definition) is 4. The summed E-state index contributed by atoms with van der Waals surface area (Å²) in [5.74, 6) is -1.10. The predicted octanol–water partition coefficient (Wildman–Crippen LogP) is -1.07. The van der Waals surface area contributed by atoms with E-state index in [2.05, 4.69) is 10.7 Å². The van der Waals surface area contributed by atoms with Crippen LogP contribution in [-0.4, -0.2) is 47.2 Å². The van der Waals surface area contributed by atoms with Gasteiger partial charge in [0.15, 0.2) is 0 Å². The number of carbonyl (C=O) groups excluding carboxylic acids is 1. The number of nitrogens with zero attached hydrogens (tertiary/aromatic N) is 1. The second-order valence-electron chi connectivity index (χ2n) is 4.19. The first kappa shape index (κ1) is 10.4. The Morgan fingerprint density at radius 2 is 2.13 bits per heavy atom. The van der Waals surface area contributed by atoms with Crippen molar-refractivity contribution in [3.8, 4) is 0 Å². The van der Waals surface area contributed by atoms with Crippen LogP contribution in [0, 0.1) is 0 Å². The third-order valence-corrected chi connectivity index (χ3v) is 3.02. The van der Waals surface area contributed by atoms with E-state index in [-0.39, 0.29) is 18.0 Å². The quantitative estimate of drug-likeness (QED) is 0.544. The Morgan fingerprint density at radius 1 is 1.47 bits per heavy atom. The van der Waals surface area contributed by atoms with Crippen LogP contribution < -0.4 is 10.7 Å². The number of hydrazine groups is 1. The van der Waals surface area contributed by atoms with Gasteiger partial charge >= 0.3 is 5.97 Å². The lowest BCUT2D eigenvalue weighted by Crippen LogP contribution is -2.52. The van der Waals surface area contributed by atoms with Gasteiger partial charge in [0.2, 0.25) is 5.91 Å². The fourth-order valence-corrected chi connectivity index (χ4v) is 2.23. The molecule has 0 saturated carbocycles. The number of hydrogen-bond donors (Lipinski definition) is 3. The van der Waals surface area contributed by atoms with E-state index >= 15 is 0 Å². The van der Waals surface area contributed by atoms with Crippen LogP contribution in [0.4, 0.5) is 0 Å². The third kappa shape index (κ3) is 2.10. The molecule has 2 fully saturated rings. The van der Waals surface area contributed by atoms with Crippen molar-refractivity contribution in [1.29, 1.82) is 0 Å². The summed E-state index contributed by atoms with van der Waals surface area (Å²) in [5.41, 5.74) is 2.85. The van der Waals surface area contributed by atoms with Gasteiger partial charge in [0.05, 0.1) is 0 Å². The summed E-state index contributed by atoms with van der Waals surface area (Å²) >= 11 is 0. The molecule has 0 radical (unpaired) electrons. The molecule has 0 aliphatic carbocycles. The van der Waals surface area contributed by atoms with Crippen LogP contribution in [-0.2, 0) is 9.59 Å². The van der Waals surface area contributed by atoms with Crippen LogP contribution in [0.5, 0.6) is 0 Å². The average molecular weight is 213 g/mol. The molecule has 2 aliphatic rings. The molecule has 84 valence electrons. The van der Waals surface area contributed by atoms with Gasteiger partial charge in [-0.05, 0) is 25.9 Å². The number of carboxylic acid groups (broad SMARTS) is 1. The average Bonchev–Trinajstić information content (AvgIpc) is 2.43. The van der Waals surface area contributed by atoms with Gasteiger partial charge in [0.25, 0.3) is 0 Å². The lowest BCUT2D eigenvalue weighted by molar-refractivity contribution is -0.144. The van der Waals surface area contributed by atoms with E-state index in [0.29, 0.717) is 6.42 Å². The van der Waals surface area contributed by atoms with Crippen molar-refractivity contribution in [3.63, 3.8) is 0 Å². The molecular formula is C9H15N3O3. The highest BCUT2D eigenvalue weighted by atomic mass is 16.4.